The van der Waals surface area contributed by atoms with E-state index in [1.165, 1.54) is 4.88 Å². The Labute approximate surface area is 96.4 Å². The van der Waals surface area contributed by atoms with E-state index in [4.69, 9.17) is 5.41 Å². The van der Waals surface area contributed by atoms with Crippen LogP contribution in [-0.4, -0.2) is 16.8 Å². The van der Waals surface area contributed by atoms with Crippen LogP contribution < -0.4 is 0 Å². The first-order valence-corrected chi connectivity index (χ1v) is 6.27. The molecule has 0 saturated carbocycles. The number of nitrogens with zero attached hydrogens (tertiary/aromatic N) is 1. The third-order valence-electron chi connectivity index (χ3n) is 2.39. The standard InChI is InChI=1S/C12H20N2S/c1-9(2)12(13)14(10(3)4)8-11-6-5-7-15-11/h5-7,9-10,13H,8H2,1-4H3. The maximum absolute atomic E-state index is 8.06. The number of nitrogens with one attached hydrogen (secondary N) is 1. The highest BCUT2D eigenvalue weighted by atomic mass is 32.1. The summed E-state index contributed by atoms with van der Waals surface area (Å²) in [5.74, 6) is 1.03. The summed E-state index contributed by atoms with van der Waals surface area (Å²) < 4.78 is 0. The maximum Gasteiger partial charge on any atom is 0.0989 e. The van der Waals surface area contributed by atoms with Gasteiger partial charge in [-0.25, -0.2) is 0 Å². The fourth-order valence-electron chi connectivity index (χ4n) is 1.45. The van der Waals surface area contributed by atoms with Gasteiger partial charge in [-0.05, 0) is 25.3 Å². The molecule has 0 aliphatic rings. The number of hydrogen-bond acceptors (Lipinski definition) is 2. The zero-order chi connectivity index (χ0) is 11.4. The van der Waals surface area contributed by atoms with Gasteiger partial charge in [-0.1, -0.05) is 19.9 Å². The predicted molar refractivity (Wildman–Crippen MR) is 67.6 cm³/mol. The van der Waals surface area contributed by atoms with Crippen molar-refractivity contribution in [3.05, 3.63) is 22.4 Å². The van der Waals surface area contributed by atoms with Crippen LogP contribution in [0.2, 0.25) is 0 Å². The third kappa shape index (κ3) is 3.34. The molecule has 0 aromatic carbocycles. The Kier molecular flexibility index (Phi) is 4.33. The van der Waals surface area contributed by atoms with Gasteiger partial charge in [-0.2, -0.15) is 0 Å². The van der Waals surface area contributed by atoms with Crippen molar-refractivity contribution in [1.29, 1.82) is 5.41 Å². The molecule has 1 aromatic rings. The van der Waals surface area contributed by atoms with Crippen molar-refractivity contribution >= 4 is 17.2 Å². The number of thiophene rings is 1. The second-order valence-corrected chi connectivity index (χ2v) is 5.37. The van der Waals surface area contributed by atoms with Gasteiger partial charge in [-0.15, -0.1) is 11.3 Å². The highest BCUT2D eigenvalue weighted by molar-refractivity contribution is 7.09. The minimum atomic E-state index is 0.298. The minimum Gasteiger partial charge on any atom is -0.353 e. The fraction of sp³-hybridized carbons (Fsp3) is 0.583. The third-order valence-corrected chi connectivity index (χ3v) is 3.25. The van der Waals surface area contributed by atoms with Crippen LogP contribution in [0.25, 0.3) is 0 Å². The van der Waals surface area contributed by atoms with Crippen molar-refractivity contribution in [2.75, 3.05) is 0 Å². The normalized spacial score (nSPS) is 11.1. The molecule has 84 valence electrons. The van der Waals surface area contributed by atoms with E-state index in [-0.39, 0.29) is 0 Å². The summed E-state index contributed by atoms with van der Waals surface area (Å²) >= 11 is 1.76. The zero-order valence-corrected chi connectivity index (χ0v) is 10.8. The number of rotatable bonds is 4. The molecule has 1 aromatic heterocycles. The van der Waals surface area contributed by atoms with Gasteiger partial charge in [0.15, 0.2) is 0 Å². The van der Waals surface area contributed by atoms with E-state index in [1.807, 2.05) is 0 Å². The van der Waals surface area contributed by atoms with Gasteiger partial charge in [0.25, 0.3) is 0 Å². The van der Waals surface area contributed by atoms with E-state index in [0.717, 1.165) is 12.4 Å². The molecule has 0 atom stereocenters. The van der Waals surface area contributed by atoms with Gasteiger partial charge in [0.2, 0.25) is 0 Å². The second-order valence-electron chi connectivity index (χ2n) is 4.34. The van der Waals surface area contributed by atoms with Crippen molar-refractivity contribution in [2.24, 2.45) is 5.92 Å². The van der Waals surface area contributed by atoms with Crippen LogP contribution in [0.3, 0.4) is 0 Å². The molecule has 2 nitrogen and oxygen atoms in total. The first-order chi connectivity index (χ1) is 7.02. The molecule has 0 fully saturated rings. The molecule has 0 saturated heterocycles. The van der Waals surface area contributed by atoms with Crippen LogP contribution in [0.1, 0.15) is 32.6 Å². The van der Waals surface area contributed by atoms with Gasteiger partial charge < -0.3 is 4.90 Å². The van der Waals surface area contributed by atoms with E-state index in [9.17, 15) is 0 Å². The zero-order valence-electron chi connectivity index (χ0n) is 9.95. The smallest absolute Gasteiger partial charge is 0.0989 e. The van der Waals surface area contributed by atoms with Crippen molar-refractivity contribution in [1.82, 2.24) is 4.90 Å². The first kappa shape index (κ1) is 12.2. The molecule has 15 heavy (non-hydrogen) atoms. The Bertz CT molecular complexity index is 301. The number of hydrogen-bond donors (Lipinski definition) is 1. The first-order valence-electron chi connectivity index (χ1n) is 5.39. The van der Waals surface area contributed by atoms with Gasteiger partial charge in [-0.3, -0.25) is 5.41 Å². The van der Waals surface area contributed by atoms with Crippen molar-refractivity contribution in [2.45, 2.75) is 40.3 Å². The lowest BCUT2D eigenvalue weighted by Crippen LogP contribution is -2.38. The lowest BCUT2D eigenvalue weighted by Gasteiger charge is -2.30. The molecule has 0 aliphatic heterocycles. The molecule has 3 heteroatoms. The Balaban J connectivity index is 2.71. The van der Waals surface area contributed by atoms with Crippen LogP contribution in [0.4, 0.5) is 0 Å². The SMILES string of the molecule is CC(C)C(=N)N(Cc1cccs1)C(C)C. The average Bonchev–Trinajstić information content (AvgIpc) is 2.64. The molecule has 0 aliphatic carbocycles. The molecular weight excluding hydrogens is 204 g/mol. The van der Waals surface area contributed by atoms with Crippen molar-refractivity contribution in [3.63, 3.8) is 0 Å². The Hall–Kier alpha value is -0.830. The maximum atomic E-state index is 8.06. The summed E-state index contributed by atoms with van der Waals surface area (Å²) in [7, 11) is 0. The Morgan fingerprint density at radius 2 is 2.07 bits per heavy atom. The van der Waals surface area contributed by atoms with E-state index < -0.39 is 0 Å². The van der Waals surface area contributed by atoms with Crippen LogP contribution in [0.5, 0.6) is 0 Å². The lowest BCUT2D eigenvalue weighted by molar-refractivity contribution is 0.328. The molecule has 0 unspecified atom stereocenters. The molecule has 1 heterocycles. The predicted octanol–water partition coefficient (Wildman–Crippen LogP) is 3.59. The molecular formula is C12H20N2S. The molecule has 0 amide bonds. The molecule has 0 radical (unpaired) electrons. The highest BCUT2D eigenvalue weighted by Crippen LogP contribution is 2.16. The van der Waals surface area contributed by atoms with Gasteiger partial charge in [0, 0.05) is 16.8 Å². The van der Waals surface area contributed by atoms with E-state index in [2.05, 4.69) is 50.1 Å². The molecule has 0 bridgehead atoms. The molecule has 1 rings (SSSR count). The van der Waals surface area contributed by atoms with Crippen LogP contribution >= 0.6 is 11.3 Å². The monoisotopic (exact) mass is 224 g/mol. The van der Waals surface area contributed by atoms with Crippen molar-refractivity contribution in [3.8, 4) is 0 Å². The fourth-order valence-corrected chi connectivity index (χ4v) is 2.15. The minimum absolute atomic E-state index is 0.298. The molecule has 1 N–H and O–H groups in total. The Morgan fingerprint density at radius 1 is 1.40 bits per heavy atom. The summed E-state index contributed by atoms with van der Waals surface area (Å²) in [5, 5.41) is 10.2. The van der Waals surface area contributed by atoms with Crippen LogP contribution in [0, 0.1) is 11.3 Å². The van der Waals surface area contributed by atoms with E-state index in [1.54, 1.807) is 11.3 Å². The van der Waals surface area contributed by atoms with E-state index >= 15 is 0 Å². The van der Waals surface area contributed by atoms with Gasteiger partial charge >= 0.3 is 0 Å². The summed E-state index contributed by atoms with van der Waals surface area (Å²) in [6.07, 6.45) is 0. The van der Waals surface area contributed by atoms with Crippen molar-refractivity contribution < 1.29 is 0 Å². The second kappa shape index (κ2) is 5.31. The Morgan fingerprint density at radius 3 is 2.47 bits per heavy atom. The summed E-state index contributed by atoms with van der Waals surface area (Å²) in [6.45, 7) is 9.31. The summed E-state index contributed by atoms with van der Waals surface area (Å²) in [6, 6.07) is 4.59. The largest absolute Gasteiger partial charge is 0.353 e. The highest BCUT2D eigenvalue weighted by Gasteiger charge is 2.16. The summed E-state index contributed by atoms with van der Waals surface area (Å²) in [4.78, 5) is 3.49. The van der Waals surface area contributed by atoms with E-state index in [0.29, 0.717) is 12.0 Å². The molecule has 0 spiro atoms. The van der Waals surface area contributed by atoms with Crippen LogP contribution in [0.15, 0.2) is 17.5 Å². The topological polar surface area (TPSA) is 27.1 Å². The average molecular weight is 224 g/mol. The quantitative estimate of drug-likeness (QED) is 0.614. The van der Waals surface area contributed by atoms with Crippen LogP contribution in [-0.2, 0) is 6.54 Å². The summed E-state index contributed by atoms with van der Waals surface area (Å²) in [5.41, 5.74) is 0. The van der Waals surface area contributed by atoms with Gasteiger partial charge in [0.05, 0.1) is 12.4 Å². The number of amidine groups is 1. The van der Waals surface area contributed by atoms with Gasteiger partial charge in [0.1, 0.15) is 0 Å². The lowest BCUT2D eigenvalue weighted by atomic mass is 10.1.